The van der Waals surface area contributed by atoms with Crippen LogP contribution < -0.4 is 5.90 Å². The second-order valence-corrected chi connectivity index (χ2v) is 1.87. The highest BCUT2D eigenvalue weighted by molar-refractivity contribution is 7.40. The first-order valence-corrected chi connectivity index (χ1v) is 3.04. The molecule has 0 aliphatic carbocycles. The summed E-state index contributed by atoms with van der Waals surface area (Å²) in [6.45, 7) is 3.59. The second kappa shape index (κ2) is 5.15. The Morgan fingerprint density at radius 2 is 2.50 bits per heavy atom. The molecular formula is C3H8NO3P. The van der Waals surface area contributed by atoms with Crippen molar-refractivity contribution < 1.29 is 14.0 Å². The van der Waals surface area contributed by atoms with Gasteiger partial charge in [-0.25, -0.2) is 10.5 Å². The Morgan fingerprint density at radius 1 is 1.88 bits per heavy atom. The van der Waals surface area contributed by atoms with Gasteiger partial charge in [-0.3, -0.25) is 0 Å². The molecule has 0 aromatic carbocycles. The maximum absolute atomic E-state index is 8.44. The second-order valence-electron chi connectivity index (χ2n) is 0.928. The van der Waals surface area contributed by atoms with E-state index >= 15 is 0 Å². The SMILES string of the molecule is C=CCOP(O)ON. The maximum Gasteiger partial charge on any atom is 0.348 e. The Kier molecular flexibility index (Phi) is 5.16. The lowest BCUT2D eigenvalue weighted by atomic mass is 10.7. The average Bonchev–Trinajstić information content (AvgIpc) is 1.83. The van der Waals surface area contributed by atoms with Crippen LogP contribution in [0.3, 0.4) is 0 Å². The molecule has 0 aliphatic heterocycles. The van der Waals surface area contributed by atoms with E-state index in [-0.39, 0.29) is 6.61 Å². The van der Waals surface area contributed by atoms with Crippen LogP contribution in [0.4, 0.5) is 0 Å². The van der Waals surface area contributed by atoms with Crippen LogP contribution >= 0.6 is 8.60 Å². The van der Waals surface area contributed by atoms with Crippen molar-refractivity contribution in [2.45, 2.75) is 0 Å². The van der Waals surface area contributed by atoms with Crippen molar-refractivity contribution in [2.24, 2.45) is 5.90 Å². The average molecular weight is 137 g/mol. The molecule has 48 valence electrons. The Morgan fingerprint density at radius 3 is 2.88 bits per heavy atom. The van der Waals surface area contributed by atoms with Gasteiger partial charge in [0.2, 0.25) is 0 Å². The minimum atomic E-state index is -1.88. The molecule has 0 heterocycles. The van der Waals surface area contributed by atoms with Gasteiger partial charge in [0.1, 0.15) is 0 Å². The van der Waals surface area contributed by atoms with E-state index in [9.17, 15) is 0 Å². The predicted molar refractivity (Wildman–Crippen MR) is 30.6 cm³/mol. The third kappa shape index (κ3) is 4.18. The molecule has 0 aromatic heterocycles. The standard InChI is InChI=1S/C3H8NO3P/c1-2-3-6-8(5)7-4/h2,5H,1,3-4H2. The van der Waals surface area contributed by atoms with Gasteiger partial charge in [-0.05, 0) is 0 Å². The fraction of sp³-hybridized carbons (Fsp3) is 0.333. The third-order valence-electron chi connectivity index (χ3n) is 0.393. The topological polar surface area (TPSA) is 64.7 Å². The van der Waals surface area contributed by atoms with Crippen molar-refractivity contribution in [2.75, 3.05) is 6.61 Å². The lowest BCUT2D eigenvalue weighted by Crippen LogP contribution is -1.95. The summed E-state index contributed by atoms with van der Waals surface area (Å²) >= 11 is 0. The van der Waals surface area contributed by atoms with Gasteiger partial charge in [-0.2, -0.15) is 0 Å². The molecule has 3 N–H and O–H groups in total. The van der Waals surface area contributed by atoms with Gasteiger partial charge in [-0.15, -0.1) is 6.58 Å². The summed E-state index contributed by atoms with van der Waals surface area (Å²) in [4.78, 5) is 8.44. The summed E-state index contributed by atoms with van der Waals surface area (Å²) in [5, 5.41) is 0. The molecule has 0 fully saturated rings. The molecule has 0 spiro atoms. The van der Waals surface area contributed by atoms with Crippen LogP contribution in [-0.2, 0) is 9.15 Å². The molecule has 0 rings (SSSR count). The largest absolute Gasteiger partial charge is 0.348 e. The van der Waals surface area contributed by atoms with Gasteiger partial charge < -0.3 is 9.42 Å². The van der Waals surface area contributed by atoms with Crippen molar-refractivity contribution in [1.82, 2.24) is 0 Å². The van der Waals surface area contributed by atoms with E-state index in [1.165, 1.54) is 6.08 Å². The van der Waals surface area contributed by atoms with Gasteiger partial charge in [0.25, 0.3) is 0 Å². The van der Waals surface area contributed by atoms with E-state index in [0.717, 1.165) is 0 Å². The van der Waals surface area contributed by atoms with Crippen molar-refractivity contribution in [1.29, 1.82) is 0 Å². The first kappa shape index (κ1) is 8.01. The molecule has 0 amide bonds. The number of hydrogen-bond donors (Lipinski definition) is 2. The minimum absolute atomic E-state index is 0.249. The van der Waals surface area contributed by atoms with Crippen LogP contribution in [0.1, 0.15) is 0 Å². The highest BCUT2D eigenvalue weighted by Gasteiger charge is 1.99. The van der Waals surface area contributed by atoms with Crippen LogP contribution in [0.2, 0.25) is 0 Å². The van der Waals surface area contributed by atoms with Crippen molar-refractivity contribution in [3.8, 4) is 0 Å². The van der Waals surface area contributed by atoms with E-state index in [2.05, 4.69) is 21.6 Å². The fourth-order valence-corrected chi connectivity index (χ4v) is 0.441. The van der Waals surface area contributed by atoms with Crippen LogP contribution in [0.25, 0.3) is 0 Å². The molecule has 4 nitrogen and oxygen atoms in total. The molecule has 0 saturated heterocycles. The monoisotopic (exact) mass is 137 g/mol. The van der Waals surface area contributed by atoms with Crippen molar-refractivity contribution >= 4 is 8.60 Å². The molecule has 0 saturated carbocycles. The first-order chi connectivity index (χ1) is 3.81. The molecule has 1 unspecified atom stereocenters. The summed E-state index contributed by atoms with van der Waals surface area (Å²) in [6.07, 6.45) is 1.49. The zero-order valence-electron chi connectivity index (χ0n) is 4.28. The Hall–Kier alpha value is 0.0100. The predicted octanol–water partition coefficient (Wildman–Crippen LogP) is 0.299. The van der Waals surface area contributed by atoms with Crippen LogP contribution in [0.15, 0.2) is 12.7 Å². The molecule has 1 atom stereocenters. The Balaban J connectivity index is 2.97. The molecule has 0 aliphatic rings. The van der Waals surface area contributed by atoms with Crippen LogP contribution in [0, 0.1) is 0 Å². The van der Waals surface area contributed by atoms with E-state index < -0.39 is 8.60 Å². The van der Waals surface area contributed by atoms with Gasteiger partial charge in [0, 0.05) is 0 Å². The van der Waals surface area contributed by atoms with E-state index in [1.807, 2.05) is 0 Å². The summed E-state index contributed by atoms with van der Waals surface area (Å²) in [5.74, 6) is 4.53. The van der Waals surface area contributed by atoms with E-state index in [4.69, 9.17) is 4.89 Å². The Labute approximate surface area is 48.9 Å². The zero-order chi connectivity index (χ0) is 6.41. The van der Waals surface area contributed by atoms with Gasteiger partial charge >= 0.3 is 8.60 Å². The molecule has 0 radical (unpaired) electrons. The highest BCUT2D eigenvalue weighted by atomic mass is 31.2. The number of nitrogens with two attached hydrogens (primary N) is 1. The molecule has 0 bridgehead atoms. The van der Waals surface area contributed by atoms with Gasteiger partial charge in [-0.1, -0.05) is 6.08 Å². The number of rotatable bonds is 4. The van der Waals surface area contributed by atoms with Gasteiger partial charge in [0.15, 0.2) is 0 Å². The van der Waals surface area contributed by atoms with E-state index in [0.29, 0.717) is 0 Å². The smallest absolute Gasteiger partial charge is 0.327 e. The Bertz CT molecular complexity index is 69.5. The minimum Gasteiger partial charge on any atom is -0.327 e. The van der Waals surface area contributed by atoms with Crippen LogP contribution in [0.5, 0.6) is 0 Å². The quantitative estimate of drug-likeness (QED) is 0.332. The lowest BCUT2D eigenvalue weighted by Gasteiger charge is -2.01. The van der Waals surface area contributed by atoms with E-state index in [1.54, 1.807) is 0 Å². The van der Waals surface area contributed by atoms with Crippen LogP contribution in [-0.4, -0.2) is 11.5 Å². The number of hydrogen-bond acceptors (Lipinski definition) is 4. The highest BCUT2D eigenvalue weighted by Crippen LogP contribution is 2.28. The normalized spacial score (nSPS) is 13.2. The summed E-state index contributed by atoms with van der Waals surface area (Å²) in [6, 6.07) is 0. The molecular weight excluding hydrogens is 129 g/mol. The van der Waals surface area contributed by atoms with Crippen molar-refractivity contribution in [3.05, 3.63) is 12.7 Å². The summed E-state index contributed by atoms with van der Waals surface area (Å²) in [7, 11) is -1.88. The zero-order valence-corrected chi connectivity index (χ0v) is 5.17. The summed E-state index contributed by atoms with van der Waals surface area (Å²) < 4.78 is 8.40. The van der Waals surface area contributed by atoms with Gasteiger partial charge in [0.05, 0.1) is 6.61 Å². The first-order valence-electron chi connectivity index (χ1n) is 1.91. The lowest BCUT2D eigenvalue weighted by molar-refractivity contribution is 0.219. The van der Waals surface area contributed by atoms with Crippen molar-refractivity contribution in [3.63, 3.8) is 0 Å². The molecule has 5 heteroatoms. The molecule has 0 aromatic rings. The summed E-state index contributed by atoms with van der Waals surface area (Å²) in [5.41, 5.74) is 0. The third-order valence-corrected chi connectivity index (χ3v) is 0.943. The fourth-order valence-electron chi connectivity index (χ4n) is 0.147. The maximum atomic E-state index is 8.44. The molecule has 8 heavy (non-hydrogen) atoms.